The SMILES string of the molecule is Cc1cccc(/C=C/C2CCC(=O)C2)c1. The summed E-state index contributed by atoms with van der Waals surface area (Å²) in [6, 6.07) is 8.42. The van der Waals surface area contributed by atoms with Gasteiger partial charge in [-0.2, -0.15) is 0 Å². The van der Waals surface area contributed by atoms with Gasteiger partial charge in [0.2, 0.25) is 0 Å². The molecule has 0 aromatic heterocycles. The lowest BCUT2D eigenvalue weighted by Crippen LogP contribution is -1.89. The second kappa shape index (κ2) is 4.43. The fourth-order valence-corrected chi connectivity index (χ4v) is 2.03. The Labute approximate surface area is 90.8 Å². The van der Waals surface area contributed by atoms with Gasteiger partial charge in [-0.3, -0.25) is 4.79 Å². The highest BCUT2D eigenvalue weighted by Gasteiger charge is 2.18. The number of Topliss-reactive ketones (excluding diaryl/α,β-unsaturated/α-hetero) is 1. The summed E-state index contributed by atoms with van der Waals surface area (Å²) in [7, 11) is 0. The van der Waals surface area contributed by atoms with Crippen LogP contribution in [0.3, 0.4) is 0 Å². The average Bonchev–Trinajstić information content (AvgIpc) is 2.62. The minimum atomic E-state index is 0.411. The molecule has 1 atom stereocenters. The minimum absolute atomic E-state index is 0.411. The van der Waals surface area contributed by atoms with E-state index in [0.29, 0.717) is 11.7 Å². The van der Waals surface area contributed by atoms with E-state index in [0.717, 1.165) is 19.3 Å². The van der Waals surface area contributed by atoms with Crippen LogP contribution in [0.5, 0.6) is 0 Å². The van der Waals surface area contributed by atoms with Crippen LogP contribution >= 0.6 is 0 Å². The molecular formula is C14H16O. The van der Waals surface area contributed by atoms with Crippen LogP contribution in [0.4, 0.5) is 0 Å². The van der Waals surface area contributed by atoms with Crippen molar-refractivity contribution in [1.82, 2.24) is 0 Å². The molecule has 1 aromatic rings. The van der Waals surface area contributed by atoms with Crippen molar-refractivity contribution in [2.45, 2.75) is 26.2 Å². The first-order chi connectivity index (χ1) is 7.24. The van der Waals surface area contributed by atoms with Crippen LogP contribution in [-0.4, -0.2) is 5.78 Å². The number of rotatable bonds is 2. The highest BCUT2D eigenvalue weighted by atomic mass is 16.1. The van der Waals surface area contributed by atoms with Crippen molar-refractivity contribution in [3.05, 3.63) is 41.5 Å². The Hall–Kier alpha value is -1.37. The molecule has 0 N–H and O–H groups in total. The molecule has 0 bridgehead atoms. The molecule has 0 radical (unpaired) electrons. The summed E-state index contributed by atoms with van der Waals surface area (Å²) in [5.74, 6) is 0.881. The van der Waals surface area contributed by atoms with Crippen LogP contribution in [-0.2, 0) is 4.79 Å². The first-order valence-electron chi connectivity index (χ1n) is 5.50. The van der Waals surface area contributed by atoms with Gasteiger partial charge in [-0.25, -0.2) is 0 Å². The van der Waals surface area contributed by atoms with Crippen molar-refractivity contribution in [2.24, 2.45) is 5.92 Å². The molecule has 1 aliphatic rings. The summed E-state index contributed by atoms with van der Waals surface area (Å²) in [6.07, 6.45) is 6.85. The van der Waals surface area contributed by atoms with Crippen LogP contribution in [0.25, 0.3) is 6.08 Å². The van der Waals surface area contributed by atoms with Crippen LogP contribution in [0.2, 0.25) is 0 Å². The molecule has 1 nitrogen and oxygen atoms in total. The molecule has 0 amide bonds. The van der Waals surface area contributed by atoms with E-state index in [1.807, 2.05) is 0 Å². The standard InChI is InChI=1S/C14H16O/c1-11-3-2-4-12(9-11)5-6-13-7-8-14(15)10-13/h2-6,9,13H,7-8,10H2,1H3/b6-5+. The van der Waals surface area contributed by atoms with Crippen LogP contribution in [0.15, 0.2) is 30.3 Å². The van der Waals surface area contributed by atoms with Gasteiger partial charge in [0.1, 0.15) is 5.78 Å². The fraction of sp³-hybridized carbons (Fsp3) is 0.357. The predicted molar refractivity (Wildman–Crippen MR) is 62.6 cm³/mol. The fourth-order valence-electron chi connectivity index (χ4n) is 2.03. The molecule has 0 saturated heterocycles. The van der Waals surface area contributed by atoms with Gasteiger partial charge < -0.3 is 0 Å². The molecule has 0 spiro atoms. The third-order valence-electron chi connectivity index (χ3n) is 2.89. The van der Waals surface area contributed by atoms with Gasteiger partial charge in [0, 0.05) is 12.8 Å². The number of aryl methyl sites for hydroxylation is 1. The largest absolute Gasteiger partial charge is 0.300 e. The van der Waals surface area contributed by atoms with E-state index in [1.54, 1.807) is 0 Å². The number of carbonyl (C=O) groups excluding carboxylic acids is 1. The molecule has 15 heavy (non-hydrogen) atoms. The Bertz CT molecular complexity index is 390. The number of benzene rings is 1. The number of hydrogen-bond donors (Lipinski definition) is 0. The van der Waals surface area contributed by atoms with E-state index in [1.165, 1.54) is 11.1 Å². The molecule has 0 heterocycles. The molecule has 1 fully saturated rings. The topological polar surface area (TPSA) is 17.1 Å². The molecule has 1 heteroatoms. The normalized spacial score (nSPS) is 21.4. The number of hydrogen-bond acceptors (Lipinski definition) is 1. The van der Waals surface area contributed by atoms with E-state index < -0.39 is 0 Å². The average molecular weight is 200 g/mol. The third kappa shape index (κ3) is 2.79. The van der Waals surface area contributed by atoms with Gasteiger partial charge in [-0.15, -0.1) is 0 Å². The van der Waals surface area contributed by atoms with Gasteiger partial charge in [-0.05, 0) is 24.8 Å². The zero-order valence-electron chi connectivity index (χ0n) is 9.07. The van der Waals surface area contributed by atoms with Gasteiger partial charge in [0.05, 0.1) is 0 Å². The monoisotopic (exact) mass is 200 g/mol. The quantitative estimate of drug-likeness (QED) is 0.715. The number of ketones is 1. The summed E-state index contributed by atoms with van der Waals surface area (Å²) in [5.41, 5.74) is 2.51. The smallest absolute Gasteiger partial charge is 0.133 e. The Balaban J connectivity index is 2.02. The highest BCUT2D eigenvalue weighted by Crippen LogP contribution is 2.23. The van der Waals surface area contributed by atoms with Crippen molar-refractivity contribution in [3.8, 4) is 0 Å². The zero-order chi connectivity index (χ0) is 10.7. The van der Waals surface area contributed by atoms with Gasteiger partial charge in [0.15, 0.2) is 0 Å². The Morgan fingerprint density at radius 3 is 2.93 bits per heavy atom. The highest BCUT2D eigenvalue weighted by molar-refractivity contribution is 5.81. The Morgan fingerprint density at radius 2 is 2.27 bits per heavy atom. The lowest BCUT2D eigenvalue weighted by Gasteiger charge is -2.00. The molecular weight excluding hydrogens is 184 g/mol. The minimum Gasteiger partial charge on any atom is -0.300 e. The van der Waals surface area contributed by atoms with Crippen molar-refractivity contribution >= 4 is 11.9 Å². The number of carbonyl (C=O) groups is 1. The molecule has 1 aromatic carbocycles. The molecule has 1 saturated carbocycles. The van der Waals surface area contributed by atoms with E-state index in [2.05, 4.69) is 43.3 Å². The first-order valence-corrected chi connectivity index (χ1v) is 5.50. The van der Waals surface area contributed by atoms with Crippen LogP contribution in [0.1, 0.15) is 30.4 Å². The van der Waals surface area contributed by atoms with E-state index in [4.69, 9.17) is 0 Å². The lowest BCUT2D eigenvalue weighted by atomic mass is 10.1. The molecule has 2 rings (SSSR count). The second-order valence-corrected chi connectivity index (χ2v) is 4.31. The molecule has 1 aliphatic carbocycles. The maximum atomic E-state index is 11.1. The van der Waals surface area contributed by atoms with E-state index in [-0.39, 0.29) is 0 Å². The lowest BCUT2D eigenvalue weighted by molar-refractivity contribution is -0.117. The maximum absolute atomic E-state index is 11.1. The zero-order valence-corrected chi connectivity index (χ0v) is 9.07. The van der Waals surface area contributed by atoms with Crippen molar-refractivity contribution in [1.29, 1.82) is 0 Å². The Kier molecular flexibility index (Phi) is 3.00. The predicted octanol–water partition coefficient (Wildman–Crippen LogP) is 3.38. The van der Waals surface area contributed by atoms with Gasteiger partial charge >= 0.3 is 0 Å². The molecule has 1 unspecified atom stereocenters. The molecule has 0 aliphatic heterocycles. The second-order valence-electron chi connectivity index (χ2n) is 4.31. The van der Waals surface area contributed by atoms with Crippen molar-refractivity contribution < 1.29 is 4.79 Å². The summed E-state index contributed by atoms with van der Waals surface area (Å²) < 4.78 is 0. The Morgan fingerprint density at radius 1 is 1.40 bits per heavy atom. The summed E-state index contributed by atoms with van der Waals surface area (Å²) >= 11 is 0. The first kappa shape index (κ1) is 10.2. The van der Waals surface area contributed by atoms with Crippen molar-refractivity contribution in [2.75, 3.05) is 0 Å². The third-order valence-corrected chi connectivity index (χ3v) is 2.89. The summed E-state index contributed by atoms with van der Waals surface area (Å²) in [4.78, 5) is 11.1. The van der Waals surface area contributed by atoms with E-state index >= 15 is 0 Å². The summed E-state index contributed by atoms with van der Waals surface area (Å²) in [6.45, 7) is 2.09. The van der Waals surface area contributed by atoms with Gasteiger partial charge in [0.25, 0.3) is 0 Å². The summed E-state index contributed by atoms with van der Waals surface area (Å²) in [5, 5.41) is 0. The van der Waals surface area contributed by atoms with Crippen LogP contribution in [0, 0.1) is 12.8 Å². The maximum Gasteiger partial charge on any atom is 0.133 e. The van der Waals surface area contributed by atoms with Gasteiger partial charge in [-0.1, -0.05) is 42.0 Å². The molecule has 78 valence electrons. The van der Waals surface area contributed by atoms with Crippen molar-refractivity contribution in [3.63, 3.8) is 0 Å². The number of allylic oxidation sites excluding steroid dienone is 1. The van der Waals surface area contributed by atoms with E-state index in [9.17, 15) is 4.79 Å². The van der Waals surface area contributed by atoms with Crippen LogP contribution < -0.4 is 0 Å².